The Morgan fingerprint density at radius 3 is 2.55 bits per heavy atom. The van der Waals surface area contributed by atoms with Crippen molar-refractivity contribution in [2.24, 2.45) is 0 Å². The molecule has 0 aliphatic carbocycles. The van der Waals surface area contributed by atoms with Gasteiger partial charge in [0.05, 0.1) is 11.1 Å². The molecular weight excluding hydrogens is 254 g/mol. The predicted molar refractivity (Wildman–Crippen MR) is 79.5 cm³/mol. The van der Waals surface area contributed by atoms with Gasteiger partial charge in [-0.15, -0.1) is 0 Å². The first-order chi connectivity index (χ1) is 9.52. The Hall–Kier alpha value is -1.81. The van der Waals surface area contributed by atoms with Crippen molar-refractivity contribution in [1.29, 1.82) is 0 Å². The standard InChI is InChI=1S/C16H21NO3/c1-4-12-11(3)17(8-5-9-18)15-13(12)7-6-10(2)14(15)16(19)20/h6-7,18H,4-5,8-9H2,1-3H3,(H,19,20). The lowest BCUT2D eigenvalue weighted by Gasteiger charge is -2.10. The van der Waals surface area contributed by atoms with E-state index in [0.717, 1.165) is 28.6 Å². The fourth-order valence-corrected chi connectivity index (χ4v) is 2.97. The maximum absolute atomic E-state index is 11.6. The molecule has 2 aromatic rings. The first-order valence-corrected chi connectivity index (χ1v) is 6.98. The van der Waals surface area contributed by atoms with Gasteiger partial charge in [0.15, 0.2) is 0 Å². The maximum Gasteiger partial charge on any atom is 0.338 e. The Bertz CT molecular complexity index is 656. The van der Waals surface area contributed by atoms with E-state index in [1.807, 2.05) is 30.5 Å². The first-order valence-electron chi connectivity index (χ1n) is 6.98. The minimum absolute atomic E-state index is 0.106. The van der Waals surface area contributed by atoms with Crippen LogP contribution >= 0.6 is 0 Å². The van der Waals surface area contributed by atoms with E-state index in [4.69, 9.17) is 5.11 Å². The van der Waals surface area contributed by atoms with E-state index in [0.29, 0.717) is 18.5 Å². The van der Waals surface area contributed by atoms with Gasteiger partial charge in [-0.2, -0.15) is 0 Å². The van der Waals surface area contributed by atoms with Gasteiger partial charge in [0.25, 0.3) is 0 Å². The largest absolute Gasteiger partial charge is 0.478 e. The zero-order valence-corrected chi connectivity index (χ0v) is 12.2. The Kier molecular flexibility index (Phi) is 4.14. The van der Waals surface area contributed by atoms with Crippen LogP contribution in [0.15, 0.2) is 12.1 Å². The second-order valence-electron chi connectivity index (χ2n) is 5.11. The summed E-state index contributed by atoms with van der Waals surface area (Å²) in [4.78, 5) is 11.6. The lowest BCUT2D eigenvalue weighted by molar-refractivity contribution is 0.0698. The molecule has 0 unspecified atom stereocenters. The van der Waals surface area contributed by atoms with Gasteiger partial charge in [0, 0.05) is 24.2 Å². The molecule has 4 nitrogen and oxygen atoms in total. The van der Waals surface area contributed by atoms with Crippen molar-refractivity contribution < 1.29 is 15.0 Å². The number of hydrogen-bond acceptors (Lipinski definition) is 2. The third-order valence-corrected chi connectivity index (χ3v) is 3.93. The lowest BCUT2D eigenvalue weighted by atomic mass is 10.0. The molecule has 2 N–H and O–H groups in total. The summed E-state index contributed by atoms with van der Waals surface area (Å²) < 4.78 is 2.04. The zero-order valence-electron chi connectivity index (χ0n) is 12.2. The van der Waals surface area contributed by atoms with Crippen LogP contribution in [0.3, 0.4) is 0 Å². The number of carboxylic acid groups (broad SMARTS) is 1. The van der Waals surface area contributed by atoms with E-state index in [1.54, 1.807) is 0 Å². The van der Waals surface area contributed by atoms with E-state index in [-0.39, 0.29) is 6.61 Å². The van der Waals surface area contributed by atoms with Crippen LogP contribution in [0.5, 0.6) is 0 Å². The Labute approximate surface area is 118 Å². The van der Waals surface area contributed by atoms with Crippen molar-refractivity contribution in [3.05, 3.63) is 34.5 Å². The number of nitrogens with zero attached hydrogens (tertiary/aromatic N) is 1. The molecule has 0 fully saturated rings. The van der Waals surface area contributed by atoms with E-state index >= 15 is 0 Å². The van der Waals surface area contributed by atoms with Gasteiger partial charge >= 0.3 is 5.97 Å². The summed E-state index contributed by atoms with van der Waals surface area (Å²) in [5.41, 5.74) is 4.24. The summed E-state index contributed by atoms with van der Waals surface area (Å²) in [5.74, 6) is -0.890. The van der Waals surface area contributed by atoms with Crippen molar-refractivity contribution in [2.75, 3.05) is 6.61 Å². The molecule has 0 radical (unpaired) electrons. The van der Waals surface area contributed by atoms with Gasteiger partial charge < -0.3 is 14.8 Å². The molecule has 0 saturated heterocycles. The smallest absolute Gasteiger partial charge is 0.338 e. The summed E-state index contributed by atoms with van der Waals surface area (Å²) in [7, 11) is 0. The number of aliphatic hydroxyl groups is 1. The van der Waals surface area contributed by atoms with Crippen LogP contribution < -0.4 is 0 Å². The Balaban J connectivity index is 2.84. The van der Waals surface area contributed by atoms with Gasteiger partial charge in [-0.1, -0.05) is 19.1 Å². The summed E-state index contributed by atoms with van der Waals surface area (Å²) in [5, 5.41) is 19.6. The average molecular weight is 275 g/mol. The number of fused-ring (bicyclic) bond motifs is 1. The molecule has 0 amide bonds. The number of aromatic nitrogens is 1. The second kappa shape index (κ2) is 5.67. The number of hydrogen-bond donors (Lipinski definition) is 2. The van der Waals surface area contributed by atoms with Crippen molar-refractivity contribution in [3.8, 4) is 0 Å². The van der Waals surface area contributed by atoms with E-state index < -0.39 is 5.97 Å². The van der Waals surface area contributed by atoms with Gasteiger partial charge in [-0.25, -0.2) is 4.79 Å². The molecule has 108 valence electrons. The highest BCUT2D eigenvalue weighted by molar-refractivity contribution is 6.05. The fraction of sp³-hybridized carbons (Fsp3) is 0.438. The highest BCUT2D eigenvalue weighted by Gasteiger charge is 2.20. The summed E-state index contributed by atoms with van der Waals surface area (Å²) in [6.07, 6.45) is 1.50. The monoisotopic (exact) mass is 275 g/mol. The molecule has 20 heavy (non-hydrogen) atoms. The molecule has 1 aromatic carbocycles. The van der Waals surface area contributed by atoms with Crippen LogP contribution in [0.2, 0.25) is 0 Å². The third-order valence-electron chi connectivity index (χ3n) is 3.93. The molecule has 0 aliphatic heterocycles. The number of aryl methyl sites for hydroxylation is 3. The van der Waals surface area contributed by atoms with E-state index in [9.17, 15) is 9.90 Å². The number of aromatic carboxylic acids is 1. The number of carboxylic acids is 1. The Morgan fingerprint density at radius 2 is 2.00 bits per heavy atom. The molecule has 1 aromatic heterocycles. The molecule has 1 heterocycles. The van der Waals surface area contributed by atoms with Crippen LogP contribution in [0.1, 0.15) is 40.5 Å². The molecule has 4 heteroatoms. The van der Waals surface area contributed by atoms with Crippen LogP contribution in [0, 0.1) is 13.8 Å². The van der Waals surface area contributed by atoms with Crippen LogP contribution in [0.4, 0.5) is 0 Å². The lowest BCUT2D eigenvalue weighted by Crippen LogP contribution is -2.08. The second-order valence-corrected chi connectivity index (χ2v) is 5.11. The summed E-state index contributed by atoms with van der Waals surface area (Å²) in [6.45, 7) is 6.68. The normalized spacial score (nSPS) is 11.2. The molecule has 0 saturated carbocycles. The molecule has 0 bridgehead atoms. The average Bonchev–Trinajstić information content (AvgIpc) is 2.67. The van der Waals surface area contributed by atoms with E-state index in [2.05, 4.69) is 6.92 Å². The number of benzene rings is 1. The highest BCUT2D eigenvalue weighted by Crippen LogP contribution is 2.31. The molecule has 0 atom stereocenters. The zero-order chi connectivity index (χ0) is 14.9. The van der Waals surface area contributed by atoms with E-state index in [1.165, 1.54) is 5.56 Å². The van der Waals surface area contributed by atoms with Gasteiger partial charge in [-0.05, 0) is 37.8 Å². The maximum atomic E-state index is 11.6. The molecular formula is C16H21NO3. The number of rotatable bonds is 5. The predicted octanol–water partition coefficient (Wildman–Crippen LogP) is 2.90. The number of aliphatic hydroxyl groups excluding tert-OH is 1. The minimum atomic E-state index is -0.890. The SMILES string of the molecule is CCc1c(C)n(CCCO)c2c(C(=O)O)c(C)ccc12. The van der Waals surface area contributed by atoms with Gasteiger partial charge in [0.2, 0.25) is 0 Å². The van der Waals surface area contributed by atoms with Crippen molar-refractivity contribution in [3.63, 3.8) is 0 Å². The van der Waals surface area contributed by atoms with Crippen LogP contribution in [-0.4, -0.2) is 27.4 Å². The van der Waals surface area contributed by atoms with Crippen molar-refractivity contribution in [2.45, 2.75) is 40.2 Å². The minimum Gasteiger partial charge on any atom is -0.478 e. The Morgan fingerprint density at radius 1 is 1.30 bits per heavy atom. The number of carbonyl (C=O) groups is 1. The molecule has 2 rings (SSSR count). The summed E-state index contributed by atoms with van der Waals surface area (Å²) >= 11 is 0. The van der Waals surface area contributed by atoms with Crippen LogP contribution in [0.25, 0.3) is 10.9 Å². The van der Waals surface area contributed by atoms with Crippen molar-refractivity contribution >= 4 is 16.9 Å². The summed E-state index contributed by atoms with van der Waals surface area (Å²) in [6, 6.07) is 3.89. The fourth-order valence-electron chi connectivity index (χ4n) is 2.97. The van der Waals surface area contributed by atoms with Gasteiger partial charge in [0.1, 0.15) is 0 Å². The molecule has 0 aliphatic rings. The van der Waals surface area contributed by atoms with Gasteiger partial charge in [-0.3, -0.25) is 0 Å². The third kappa shape index (κ3) is 2.20. The first kappa shape index (κ1) is 14.6. The van der Waals surface area contributed by atoms with Crippen molar-refractivity contribution in [1.82, 2.24) is 4.57 Å². The van der Waals surface area contributed by atoms with Crippen LogP contribution in [-0.2, 0) is 13.0 Å². The topological polar surface area (TPSA) is 62.5 Å². The molecule has 0 spiro atoms. The quantitative estimate of drug-likeness (QED) is 0.882. The highest BCUT2D eigenvalue weighted by atomic mass is 16.4.